The van der Waals surface area contributed by atoms with Crippen LogP contribution in [0.15, 0.2) is 18.3 Å². The second kappa shape index (κ2) is 6.81. The highest BCUT2D eigenvalue weighted by Gasteiger charge is 2.30. The molecular weight excluding hydrogens is 383 g/mol. The van der Waals surface area contributed by atoms with Gasteiger partial charge in [0.05, 0.1) is 10.2 Å². The first-order chi connectivity index (χ1) is 9.85. The number of hydrogen-bond donors (Lipinski definition) is 0. The molecule has 0 spiro atoms. The van der Waals surface area contributed by atoms with E-state index in [0.29, 0.717) is 24.9 Å². The first-order valence-corrected chi connectivity index (χ1v) is 8.14. The van der Waals surface area contributed by atoms with Gasteiger partial charge in [-0.15, -0.1) is 0 Å². The Morgan fingerprint density at radius 3 is 2.95 bits per heavy atom. The molecule has 1 atom stereocenters. The molecule has 6 heteroatoms. The Balaban J connectivity index is 1.80. The number of aromatic nitrogens is 1. The Bertz CT molecular complexity index is 502. The summed E-state index contributed by atoms with van der Waals surface area (Å²) in [6.07, 6.45) is 2.42. The molecule has 0 saturated carbocycles. The molecule has 1 aromatic heterocycles. The Labute approximate surface area is 139 Å². The van der Waals surface area contributed by atoms with Crippen molar-refractivity contribution in [2.24, 2.45) is 5.92 Å². The molecule has 0 N–H and O–H groups in total. The van der Waals surface area contributed by atoms with Gasteiger partial charge >= 0.3 is 6.09 Å². The number of ether oxygens (including phenoxy) is 2. The quantitative estimate of drug-likeness (QED) is 0.726. The lowest BCUT2D eigenvalue weighted by atomic mass is 10.1. The number of nitrogens with zero attached hydrogens (tertiary/aromatic N) is 2. The lowest BCUT2D eigenvalue weighted by Crippen LogP contribution is -2.35. The topological polar surface area (TPSA) is 51.7 Å². The SMILES string of the molecule is CC(C)(C)OC(=O)N1CC[C@H](COc2ncccc2I)C1. The minimum atomic E-state index is -0.449. The molecule has 21 heavy (non-hydrogen) atoms. The number of halogens is 1. The number of likely N-dealkylation sites (tertiary alicyclic amines) is 1. The lowest BCUT2D eigenvalue weighted by molar-refractivity contribution is 0.0284. The smallest absolute Gasteiger partial charge is 0.410 e. The summed E-state index contributed by atoms with van der Waals surface area (Å²) >= 11 is 2.20. The van der Waals surface area contributed by atoms with E-state index in [2.05, 4.69) is 27.6 Å². The van der Waals surface area contributed by atoms with Crippen LogP contribution in [0.4, 0.5) is 4.79 Å². The van der Waals surface area contributed by atoms with Gasteiger partial charge in [-0.3, -0.25) is 0 Å². The Morgan fingerprint density at radius 1 is 1.52 bits per heavy atom. The van der Waals surface area contributed by atoms with Gasteiger partial charge in [0.25, 0.3) is 0 Å². The van der Waals surface area contributed by atoms with Gasteiger partial charge < -0.3 is 14.4 Å². The maximum absolute atomic E-state index is 12.0. The van der Waals surface area contributed by atoms with E-state index in [-0.39, 0.29) is 6.09 Å². The maximum atomic E-state index is 12.0. The number of hydrogen-bond acceptors (Lipinski definition) is 4. The summed E-state index contributed by atoms with van der Waals surface area (Å²) in [5.74, 6) is 0.990. The van der Waals surface area contributed by atoms with Crippen molar-refractivity contribution in [1.82, 2.24) is 9.88 Å². The fourth-order valence-corrected chi connectivity index (χ4v) is 2.64. The second-order valence-corrected chi connectivity index (χ2v) is 7.34. The summed E-state index contributed by atoms with van der Waals surface area (Å²) in [6, 6.07) is 3.85. The van der Waals surface area contributed by atoms with Crippen LogP contribution in [0, 0.1) is 9.49 Å². The average molecular weight is 404 g/mol. The van der Waals surface area contributed by atoms with E-state index in [0.717, 1.165) is 16.5 Å². The van der Waals surface area contributed by atoms with Gasteiger partial charge in [-0.2, -0.15) is 0 Å². The minimum absolute atomic E-state index is 0.239. The highest BCUT2D eigenvalue weighted by atomic mass is 127. The van der Waals surface area contributed by atoms with Crippen LogP contribution in [0.5, 0.6) is 5.88 Å². The van der Waals surface area contributed by atoms with Crippen molar-refractivity contribution >= 4 is 28.7 Å². The van der Waals surface area contributed by atoms with E-state index >= 15 is 0 Å². The first-order valence-electron chi connectivity index (χ1n) is 7.06. The van der Waals surface area contributed by atoms with Crippen LogP contribution in [-0.4, -0.2) is 41.3 Å². The van der Waals surface area contributed by atoms with Crippen LogP contribution in [0.25, 0.3) is 0 Å². The van der Waals surface area contributed by atoms with E-state index in [4.69, 9.17) is 9.47 Å². The Kier molecular flexibility index (Phi) is 5.29. The summed E-state index contributed by atoms with van der Waals surface area (Å²) in [6.45, 7) is 7.62. The van der Waals surface area contributed by atoms with Gasteiger partial charge in [0, 0.05) is 25.2 Å². The zero-order chi connectivity index (χ0) is 15.5. The molecule has 0 unspecified atom stereocenters. The van der Waals surface area contributed by atoms with Crippen molar-refractivity contribution in [2.75, 3.05) is 19.7 Å². The Hall–Kier alpha value is -1.05. The summed E-state index contributed by atoms with van der Waals surface area (Å²) in [7, 11) is 0. The summed E-state index contributed by atoms with van der Waals surface area (Å²) in [4.78, 5) is 17.9. The average Bonchev–Trinajstić information content (AvgIpc) is 2.85. The lowest BCUT2D eigenvalue weighted by Gasteiger charge is -2.24. The standard InChI is InChI=1S/C15H21IN2O3/c1-15(2,3)21-14(19)18-8-6-11(9-18)10-20-13-12(16)5-4-7-17-13/h4-5,7,11H,6,8-10H2,1-3H3/t11-/m0/s1. The molecule has 1 aromatic rings. The fourth-order valence-electron chi connectivity index (χ4n) is 2.14. The van der Waals surface area contributed by atoms with Gasteiger partial charge in [0.2, 0.25) is 5.88 Å². The molecule has 116 valence electrons. The van der Waals surface area contributed by atoms with Crippen molar-refractivity contribution in [1.29, 1.82) is 0 Å². The number of pyridine rings is 1. The van der Waals surface area contributed by atoms with Crippen molar-refractivity contribution in [2.45, 2.75) is 32.8 Å². The largest absolute Gasteiger partial charge is 0.477 e. The number of amides is 1. The van der Waals surface area contributed by atoms with Crippen LogP contribution in [-0.2, 0) is 4.74 Å². The molecular formula is C15H21IN2O3. The first kappa shape index (κ1) is 16.3. The third-order valence-electron chi connectivity index (χ3n) is 3.12. The van der Waals surface area contributed by atoms with Crippen LogP contribution >= 0.6 is 22.6 Å². The maximum Gasteiger partial charge on any atom is 0.410 e. The second-order valence-electron chi connectivity index (χ2n) is 6.18. The van der Waals surface area contributed by atoms with E-state index in [1.807, 2.05) is 32.9 Å². The van der Waals surface area contributed by atoms with Crippen molar-refractivity contribution < 1.29 is 14.3 Å². The highest BCUT2D eigenvalue weighted by molar-refractivity contribution is 14.1. The van der Waals surface area contributed by atoms with Gasteiger partial charge in [-0.05, 0) is 61.9 Å². The molecule has 1 fully saturated rings. The Morgan fingerprint density at radius 2 is 2.29 bits per heavy atom. The summed E-state index contributed by atoms with van der Waals surface area (Å²) in [5, 5.41) is 0. The number of carbonyl (C=O) groups is 1. The monoisotopic (exact) mass is 404 g/mol. The van der Waals surface area contributed by atoms with Crippen molar-refractivity contribution in [3.8, 4) is 5.88 Å². The molecule has 1 aliphatic heterocycles. The normalized spacial score (nSPS) is 18.7. The summed E-state index contributed by atoms with van der Waals surface area (Å²) < 4.78 is 12.1. The molecule has 1 saturated heterocycles. The van der Waals surface area contributed by atoms with Crippen LogP contribution in [0.3, 0.4) is 0 Å². The third-order valence-corrected chi connectivity index (χ3v) is 3.94. The highest BCUT2D eigenvalue weighted by Crippen LogP contribution is 2.22. The molecule has 1 aliphatic rings. The van der Waals surface area contributed by atoms with E-state index < -0.39 is 5.60 Å². The van der Waals surface area contributed by atoms with Gasteiger partial charge in [0.1, 0.15) is 5.60 Å². The minimum Gasteiger partial charge on any atom is -0.477 e. The number of rotatable bonds is 3. The van der Waals surface area contributed by atoms with Gasteiger partial charge in [0.15, 0.2) is 0 Å². The number of carbonyl (C=O) groups excluding carboxylic acids is 1. The molecule has 2 heterocycles. The summed E-state index contributed by atoms with van der Waals surface area (Å²) in [5.41, 5.74) is -0.449. The van der Waals surface area contributed by atoms with Crippen LogP contribution < -0.4 is 4.74 Å². The van der Waals surface area contributed by atoms with Crippen molar-refractivity contribution in [3.63, 3.8) is 0 Å². The predicted molar refractivity (Wildman–Crippen MR) is 88.4 cm³/mol. The molecule has 1 amide bonds. The predicted octanol–water partition coefficient (Wildman–Crippen LogP) is 3.32. The van der Waals surface area contributed by atoms with Crippen LogP contribution in [0.2, 0.25) is 0 Å². The van der Waals surface area contributed by atoms with E-state index in [9.17, 15) is 4.79 Å². The van der Waals surface area contributed by atoms with Gasteiger partial charge in [-0.1, -0.05) is 0 Å². The third kappa shape index (κ3) is 5.01. The molecule has 0 bridgehead atoms. The molecule has 0 aromatic carbocycles. The molecule has 0 aliphatic carbocycles. The zero-order valence-electron chi connectivity index (χ0n) is 12.6. The molecule has 2 rings (SSSR count). The van der Waals surface area contributed by atoms with Crippen molar-refractivity contribution in [3.05, 3.63) is 21.9 Å². The molecule has 0 radical (unpaired) electrons. The van der Waals surface area contributed by atoms with Crippen LogP contribution in [0.1, 0.15) is 27.2 Å². The fraction of sp³-hybridized carbons (Fsp3) is 0.600. The van der Waals surface area contributed by atoms with E-state index in [1.54, 1.807) is 11.1 Å². The van der Waals surface area contributed by atoms with Gasteiger partial charge in [-0.25, -0.2) is 9.78 Å². The molecule has 5 nitrogen and oxygen atoms in total. The zero-order valence-corrected chi connectivity index (χ0v) is 14.8. The van der Waals surface area contributed by atoms with E-state index in [1.165, 1.54) is 0 Å².